The number of imide groups is 1. The zero-order chi connectivity index (χ0) is 16.2. The van der Waals surface area contributed by atoms with E-state index in [-0.39, 0.29) is 17.9 Å². The van der Waals surface area contributed by atoms with Crippen molar-refractivity contribution in [2.24, 2.45) is 11.8 Å². The molecule has 3 aliphatic heterocycles. The Kier molecular flexibility index (Phi) is 3.10. The zero-order valence-corrected chi connectivity index (χ0v) is 13.2. The first-order chi connectivity index (χ1) is 11.0. The first-order valence-corrected chi connectivity index (χ1v) is 8.03. The summed E-state index contributed by atoms with van der Waals surface area (Å²) in [5, 5.41) is 0. The van der Waals surface area contributed by atoms with Gasteiger partial charge in [-0.3, -0.25) is 9.59 Å². The third-order valence-corrected chi connectivity index (χ3v) is 4.90. The van der Waals surface area contributed by atoms with Crippen LogP contribution in [0.15, 0.2) is 36.4 Å². The quantitative estimate of drug-likeness (QED) is 0.632. The summed E-state index contributed by atoms with van der Waals surface area (Å²) in [6.07, 6.45) is 4.46. The number of benzene rings is 1. The van der Waals surface area contributed by atoms with Crippen LogP contribution in [0.2, 0.25) is 0 Å². The molecule has 23 heavy (non-hydrogen) atoms. The highest BCUT2D eigenvalue weighted by atomic mass is 16.5. The van der Waals surface area contributed by atoms with Crippen molar-refractivity contribution in [2.75, 3.05) is 11.5 Å². The van der Waals surface area contributed by atoms with E-state index in [1.165, 1.54) is 4.90 Å². The third-order valence-electron chi connectivity index (χ3n) is 4.90. The fourth-order valence-corrected chi connectivity index (χ4v) is 3.82. The van der Waals surface area contributed by atoms with Crippen LogP contribution in [0.1, 0.15) is 20.3 Å². The summed E-state index contributed by atoms with van der Waals surface area (Å²) in [5.74, 6) is -0.404. The van der Waals surface area contributed by atoms with Crippen LogP contribution in [0, 0.1) is 11.8 Å². The van der Waals surface area contributed by atoms with E-state index in [2.05, 4.69) is 0 Å². The van der Waals surface area contributed by atoms with E-state index in [1.807, 2.05) is 26.0 Å². The van der Waals surface area contributed by atoms with Gasteiger partial charge in [-0.05, 0) is 37.6 Å². The summed E-state index contributed by atoms with van der Waals surface area (Å²) in [4.78, 5) is 26.9. The highest BCUT2D eigenvalue weighted by molar-refractivity contribution is 6.23. The minimum atomic E-state index is -0.652. The Bertz CT molecular complexity index is 695. The Morgan fingerprint density at radius 1 is 1.22 bits per heavy atom. The van der Waals surface area contributed by atoms with Crippen molar-refractivity contribution in [2.45, 2.75) is 32.0 Å². The number of carbonyl (C=O) groups excluding carboxylic acids is 2. The van der Waals surface area contributed by atoms with Crippen molar-refractivity contribution >= 4 is 17.5 Å². The Balaban J connectivity index is 1.61. The minimum Gasteiger partial charge on any atom is -0.494 e. The minimum absolute atomic E-state index is 0.166. The van der Waals surface area contributed by atoms with Crippen LogP contribution in [0.5, 0.6) is 5.75 Å². The third kappa shape index (κ3) is 1.96. The second-order valence-electron chi connectivity index (χ2n) is 6.48. The monoisotopic (exact) mass is 313 g/mol. The van der Waals surface area contributed by atoms with Crippen LogP contribution in [-0.2, 0) is 14.3 Å². The molecule has 0 aliphatic carbocycles. The number of fused-ring (bicyclic) bond motifs is 5. The van der Waals surface area contributed by atoms with Crippen molar-refractivity contribution in [1.82, 2.24) is 0 Å². The Morgan fingerprint density at radius 2 is 1.96 bits per heavy atom. The van der Waals surface area contributed by atoms with Crippen LogP contribution in [-0.4, -0.2) is 30.1 Å². The summed E-state index contributed by atoms with van der Waals surface area (Å²) in [7, 11) is 0. The van der Waals surface area contributed by atoms with Crippen molar-refractivity contribution in [3.05, 3.63) is 36.4 Å². The molecule has 2 amide bonds. The number of rotatable bonds is 4. The van der Waals surface area contributed by atoms with Crippen LogP contribution in [0.3, 0.4) is 0 Å². The molecule has 3 aliphatic rings. The number of carbonyl (C=O) groups is 2. The highest BCUT2D eigenvalue weighted by Crippen LogP contribution is 2.52. The maximum Gasteiger partial charge on any atom is 0.241 e. The lowest BCUT2D eigenvalue weighted by Crippen LogP contribution is -2.38. The molecule has 2 bridgehead atoms. The van der Waals surface area contributed by atoms with Crippen LogP contribution in [0.25, 0.3) is 0 Å². The number of amides is 2. The lowest BCUT2D eigenvalue weighted by Gasteiger charge is -2.24. The highest BCUT2D eigenvalue weighted by Gasteiger charge is 2.65. The molecular weight excluding hydrogens is 294 g/mol. The van der Waals surface area contributed by atoms with Gasteiger partial charge in [0.15, 0.2) is 0 Å². The van der Waals surface area contributed by atoms with Gasteiger partial charge in [0.25, 0.3) is 0 Å². The van der Waals surface area contributed by atoms with E-state index in [0.29, 0.717) is 12.3 Å². The molecule has 5 heteroatoms. The lowest BCUT2D eigenvalue weighted by atomic mass is 9.78. The van der Waals surface area contributed by atoms with Gasteiger partial charge in [-0.2, -0.15) is 0 Å². The molecule has 1 aromatic rings. The molecule has 5 nitrogen and oxygen atoms in total. The number of ether oxygens (including phenoxy) is 2. The number of hydrogen-bond acceptors (Lipinski definition) is 4. The molecule has 0 saturated carbocycles. The normalized spacial score (nSPS) is 34.3. The topological polar surface area (TPSA) is 55.8 Å². The van der Waals surface area contributed by atoms with Gasteiger partial charge in [0.1, 0.15) is 5.75 Å². The summed E-state index contributed by atoms with van der Waals surface area (Å²) < 4.78 is 11.4. The van der Waals surface area contributed by atoms with Gasteiger partial charge in [-0.1, -0.05) is 19.1 Å². The van der Waals surface area contributed by atoms with Gasteiger partial charge in [0.2, 0.25) is 11.8 Å². The van der Waals surface area contributed by atoms with Gasteiger partial charge >= 0.3 is 0 Å². The first kappa shape index (κ1) is 14.5. The van der Waals surface area contributed by atoms with Gasteiger partial charge in [0.05, 0.1) is 35.8 Å². The van der Waals surface area contributed by atoms with Crippen LogP contribution >= 0.6 is 0 Å². The number of anilines is 1. The largest absolute Gasteiger partial charge is 0.494 e. The molecule has 2 saturated heterocycles. The average molecular weight is 313 g/mol. The molecule has 0 N–H and O–H groups in total. The van der Waals surface area contributed by atoms with E-state index in [4.69, 9.17) is 9.47 Å². The van der Waals surface area contributed by atoms with Crippen molar-refractivity contribution < 1.29 is 19.1 Å². The predicted octanol–water partition coefficient (Wildman–Crippen LogP) is 2.31. The first-order valence-electron chi connectivity index (χ1n) is 8.03. The second-order valence-corrected chi connectivity index (χ2v) is 6.48. The average Bonchev–Trinajstić information content (AvgIpc) is 3.15. The predicted molar refractivity (Wildman–Crippen MR) is 84.1 cm³/mol. The summed E-state index contributed by atoms with van der Waals surface area (Å²) >= 11 is 0. The molecule has 3 heterocycles. The molecule has 0 aromatic heterocycles. The Labute approximate surface area is 134 Å². The molecule has 120 valence electrons. The lowest BCUT2D eigenvalue weighted by molar-refractivity contribution is -0.126. The Morgan fingerprint density at radius 3 is 2.61 bits per heavy atom. The van der Waals surface area contributed by atoms with Gasteiger partial charge in [-0.25, -0.2) is 4.90 Å². The van der Waals surface area contributed by atoms with E-state index >= 15 is 0 Å². The maximum atomic E-state index is 12.8. The van der Waals surface area contributed by atoms with Crippen LogP contribution < -0.4 is 9.64 Å². The van der Waals surface area contributed by atoms with Crippen LogP contribution in [0.4, 0.5) is 5.69 Å². The Hall–Kier alpha value is -2.14. The summed E-state index contributed by atoms with van der Waals surface area (Å²) in [5.41, 5.74) is -0.0534. The molecule has 0 radical (unpaired) electrons. The molecule has 4 rings (SSSR count). The molecule has 0 spiro atoms. The van der Waals surface area contributed by atoms with E-state index in [0.717, 1.165) is 12.2 Å². The smallest absolute Gasteiger partial charge is 0.241 e. The van der Waals surface area contributed by atoms with Gasteiger partial charge < -0.3 is 9.47 Å². The summed E-state index contributed by atoms with van der Waals surface area (Å²) in [6, 6.07) is 7.12. The van der Waals surface area contributed by atoms with Gasteiger partial charge in [0, 0.05) is 0 Å². The zero-order valence-electron chi connectivity index (χ0n) is 13.2. The summed E-state index contributed by atoms with van der Waals surface area (Å²) in [6.45, 7) is 4.57. The molecule has 0 unspecified atom stereocenters. The van der Waals surface area contributed by atoms with E-state index < -0.39 is 17.4 Å². The number of hydrogen-bond donors (Lipinski definition) is 0. The van der Waals surface area contributed by atoms with Crippen molar-refractivity contribution in [3.63, 3.8) is 0 Å². The van der Waals surface area contributed by atoms with Crippen molar-refractivity contribution in [3.8, 4) is 5.75 Å². The van der Waals surface area contributed by atoms with E-state index in [9.17, 15) is 9.59 Å². The van der Waals surface area contributed by atoms with Gasteiger partial charge in [-0.15, -0.1) is 0 Å². The standard InChI is InChI=1S/C18H19NO4/c1-3-10-22-12-6-4-11(5-7-12)19-16(20)14-13-8-9-18(2,23-13)15(14)17(19)21/h4-9,13-15H,3,10H2,1-2H3/t13-,14-,15+,18+/m1/s1. The van der Waals surface area contributed by atoms with Crippen molar-refractivity contribution in [1.29, 1.82) is 0 Å². The molecule has 1 aromatic carbocycles. The van der Waals surface area contributed by atoms with E-state index in [1.54, 1.807) is 24.3 Å². The molecule has 4 atom stereocenters. The molecular formula is C18H19NO4. The second kappa shape index (κ2) is 4.93. The maximum absolute atomic E-state index is 12.8. The number of nitrogens with zero attached hydrogens (tertiary/aromatic N) is 1. The fourth-order valence-electron chi connectivity index (χ4n) is 3.82. The SMILES string of the molecule is CCCOc1ccc(N2C(=O)[C@H]3[C@@H](C2=O)[C@]2(C)C=C[C@H]3O2)cc1. The molecule has 2 fully saturated rings. The fraction of sp³-hybridized carbons (Fsp3) is 0.444.